The van der Waals surface area contributed by atoms with Gasteiger partial charge in [0.15, 0.2) is 9.84 Å². The SMILES string of the molecule is COc1ccc(S(=O)(=O)CC(C)C(=O)NCC2=CCNCC2)cc1.Cl. The van der Waals surface area contributed by atoms with E-state index in [0.29, 0.717) is 12.3 Å². The van der Waals surface area contributed by atoms with Gasteiger partial charge in [0.1, 0.15) is 5.75 Å². The highest BCUT2D eigenvalue weighted by atomic mass is 35.5. The maximum absolute atomic E-state index is 12.4. The summed E-state index contributed by atoms with van der Waals surface area (Å²) in [6, 6.07) is 6.19. The van der Waals surface area contributed by atoms with Gasteiger partial charge in [-0.15, -0.1) is 12.4 Å². The number of hydrogen-bond acceptors (Lipinski definition) is 5. The number of carbonyl (C=O) groups excluding carboxylic acids is 1. The lowest BCUT2D eigenvalue weighted by molar-refractivity contribution is -0.123. The van der Waals surface area contributed by atoms with Crippen LogP contribution >= 0.6 is 12.4 Å². The monoisotopic (exact) mass is 388 g/mol. The van der Waals surface area contributed by atoms with Crippen LogP contribution in [0.25, 0.3) is 0 Å². The van der Waals surface area contributed by atoms with E-state index in [1.165, 1.54) is 24.8 Å². The molecular formula is C17H25ClN2O4S. The number of amides is 1. The Kier molecular flexibility index (Phi) is 8.41. The molecule has 1 aliphatic rings. The average molecular weight is 389 g/mol. The van der Waals surface area contributed by atoms with E-state index in [2.05, 4.69) is 16.7 Å². The molecule has 140 valence electrons. The van der Waals surface area contributed by atoms with E-state index in [-0.39, 0.29) is 29.0 Å². The Bertz CT molecular complexity index is 702. The number of halogens is 1. The lowest BCUT2D eigenvalue weighted by atomic mass is 10.1. The van der Waals surface area contributed by atoms with Crippen molar-refractivity contribution in [1.82, 2.24) is 10.6 Å². The second kappa shape index (κ2) is 9.79. The van der Waals surface area contributed by atoms with Gasteiger partial charge in [0, 0.05) is 19.0 Å². The summed E-state index contributed by atoms with van der Waals surface area (Å²) in [5.41, 5.74) is 1.17. The standard InChI is InChI=1S/C17H24N2O4S.ClH/c1-13(17(20)19-11-14-7-9-18-10-8-14)12-24(21,22)16-5-3-15(23-2)4-6-16;/h3-7,13,18H,8-12H2,1-2H3,(H,19,20);1H. The van der Waals surface area contributed by atoms with E-state index in [4.69, 9.17) is 4.74 Å². The lowest BCUT2D eigenvalue weighted by Crippen LogP contribution is -2.35. The molecule has 0 saturated heterocycles. The van der Waals surface area contributed by atoms with Crippen LogP contribution < -0.4 is 15.4 Å². The van der Waals surface area contributed by atoms with Crippen molar-refractivity contribution in [3.8, 4) is 5.75 Å². The van der Waals surface area contributed by atoms with Crippen LogP contribution in [-0.4, -0.2) is 46.8 Å². The largest absolute Gasteiger partial charge is 0.497 e. The molecule has 1 aromatic rings. The second-order valence-corrected chi connectivity index (χ2v) is 7.93. The highest BCUT2D eigenvalue weighted by Crippen LogP contribution is 2.18. The van der Waals surface area contributed by atoms with Gasteiger partial charge in [-0.05, 0) is 37.2 Å². The molecule has 0 aliphatic carbocycles. The Labute approximate surface area is 155 Å². The van der Waals surface area contributed by atoms with Crippen molar-refractivity contribution in [2.75, 3.05) is 32.5 Å². The second-order valence-electron chi connectivity index (χ2n) is 5.89. The first-order chi connectivity index (χ1) is 11.4. The molecule has 0 bridgehead atoms. The summed E-state index contributed by atoms with van der Waals surface area (Å²) in [4.78, 5) is 12.4. The number of carbonyl (C=O) groups is 1. The molecule has 2 rings (SSSR count). The molecule has 8 heteroatoms. The van der Waals surface area contributed by atoms with Gasteiger partial charge < -0.3 is 15.4 Å². The molecule has 0 radical (unpaired) electrons. The first kappa shape index (κ1) is 21.5. The van der Waals surface area contributed by atoms with Crippen molar-refractivity contribution in [2.24, 2.45) is 5.92 Å². The maximum Gasteiger partial charge on any atom is 0.224 e. The Morgan fingerprint density at radius 3 is 2.56 bits per heavy atom. The molecule has 0 spiro atoms. The zero-order valence-electron chi connectivity index (χ0n) is 14.4. The molecule has 6 nitrogen and oxygen atoms in total. The topological polar surface area (TPSA) is 84.5 Å². The van der Waals surface area contributed by atoms with Crippen LogP contribution in [0.1, 0.15) is 13.3 Å². The third-order valence-electron chi connectivity index (χ3n) is 3.98. The van der Waals surface area contributed by atoms with E-state index in [1.807, 2.05) is 0 Å². The minimum absolute atomic E-state index is 0. The number of ether oxygens (including phenoxy) is 1. The minimum atomic E-state index is -3.51. The molecule has 1 heterocycles. The molecule has 1 aliphatic heterocycles. The lowest BCUT2D eigenvalue weighted by Gasteiger charge is -2.17. The van der Waals surface area contributed by atoms with Gasteiger partial charge in [-0.1, -0.05) is 18.6 Å². The van der Waals surface area contributed by atoms with Crippen molar-refractivity contribution in [2.45, 2.75) is 18.2 Å². The highest BCUT2D eigenvalue weighted by molar-refractivity contribution is 7.91. The van der Waals surface area contributed by atoms with E-state index in [1.54, 1.807) is 19.1 Å². The van der Waals surface area contributed by atoms with Crippen LogP contribution in [0.5, 0.6) is 5.75 Å². The number of sulfone groups is 1. The van der Waals surface area contributed by atoms with Gasteiger partial charge in [-0.3, -0.25) is 4.79 Å². The van der Waals surface area contributed by atoms with E-state index >= 15 is 0 Å². The molecule has 2 N–H and O–H groups in total. The summed E-state index contributed by atoms with van der Waals surface area (Å²) in [6.45, 7) is 3.83. The van der Waals surface area contributed by atoms with Crippen LogP contribution in [-0.2, 0) is 14.6 Å². The van der Waals surface area contributed by atoms with Crippen LogP contribution in [0.3, 0.4) is 0 Å². The van der Waals surface area contributed by atoms with Crippen molar-refractivity contribution in [3.63, 3.8) is 0 Å². The average Bonchev–Trinajstić information content (AvgIpc) is 2.60. The summed E-state index contributed by atoms with van der Waals surface area (Å²) >= 11 is 0. The summed E-state index contributed by atoms with van der Waals surface area (Å²) < 4.78 is 29.8. The molecule has 0 saturated carbocycles. The first-order valence-corrected chi connectivity index (χ1v) is 9.61. The van der Waals surface area contributed by atoms with Gasteiger partial charge in [-0.25, -0.2) is 8.42 Å². The fourth-order valence-electron chi connectivity index (χ4n) is 2.49. The van der Waals surface area contributed by atoms with Crippen LogP contribution in [0.2, 0.25) is 0 Å². The number of rotatable bonds is 7. The van der Waals surface area contributed by atoms with Crippen molar-refractivity contribution >= 4 is 28.2 Å². The number of methoxy groups -OCH3 is 1. The number of hydrogen-bond donors (Lipinski definition) is 2. The fraction of sp³-hybridized carbons (Fsp3) is 0.471. The predicted molar refractivity (Wildman–Crippen MR) is 100 cm³/mol. The van der Waals surface area contributed by atoms with Crippen molar-refractivity contribution in [3.05, 3.63) is 35.9 Å². The predicted octanol–water partition coefficient (Wildman–Crippen LogP) is 1.56. The maximum atomic E-state index is 12.4. The smallest absolute Gasteiger partial charge is 0.224 e. The Hall–Kier alpha value is -1.57. The summed E-state index contributed by atoms with van der Waals surface area (Å²) in [5.74, 6) is -0.480. The minimum Gasteiger partial charge on any atom is -0.497 e. The van der Waals surface area contributed by atoms with Gasteiger partial charge in [0.05, 0.1) is 17.8 Å². The van der Waals surface area contributed by atoms with Gasteiger partial charge >= 0.3 is 0 Å². The van der Waals surface area contributed by atoms with Crippen LogP contribution in [0, 0.1) is 5.92 Å². The summed E-state index contributed by atoms with van der Waals surface area (Å²) in [7, 11) is -1.99. The quantitative estimate of drug-likeness (QED) is 0.692. The molecule has 25 heavy (non-hydrogen) atoms. The van der Waals surface area contributed by atoms with Gasteiger partial charge in [0.2, 0.25) is 5.91 Å². The number of nitrogens with one attached hydrogen (secondary N) is 2. The molecule has 1 atom stereocenters. The fourth-order valence-corrected chi connectivity index (χ4v) is 4.04. The zero-order valence-corrected chi connectivity index (χ0v) is 16.1. The Morgan fingerprint density at radius 2 is 2.00 bits per heavy atom. The Balaban J connectivity index is 0.00000312. The Morgan fingerprint density at radius 1 is 1.32 bits per heavy atom. The molecule has 0 aromatic heterocycles. The van der Waals surface area contributed by atoms with Gasteiger partial charge in [-0.2, -0.15) is 0 Å². The van der Waals surface area contributed by atoms with Crippen LogP contribution in [0.15, 0.2) is 40.8 Å². The molecule has 1 amide bonds. The van der Waals surface area contributed by atoms with Gasteiger partial charge in [0.25, 0.3) is 0 Å². The highest BCUT2D eigenvalue weighted by Gasteiger charge is 2.23. The molecule has 1 unspecified atom stereocenters. The number of benzene rings is 1. The van der Waals surface area contributed by atoms with E-state index < -0.39 is 15.8 Å². The van der Waals surface area contributed by atoms with Crippen molar-refractivity contribution in [1.29, 1.82) is 0 Å². The van der Waals surface area contributed by atoms with Crippen molar-refractivity contribution < 1.29 is 17.9 Å². The third-order valence-corrected chi connectivity index (χ3v) is 5.91. The molecule has 0 fully saturated rings. The third kappa shape index (κ3) is 6.34. The van der Waals surface area contributed by atoms with E-state index in [9.17, 15) is 13.2 Å². The zero-order chi connectivity index (χ0) is 17.6. The van der Waals surface area contributed by atoms with Crippen LogP contribution in [0.4, 0.5) is 0 Å². The first-order valence-electron chi connectivity index (χ1n) is 7.95. The summed E-state index contributed by atoms with van der Waals surface area (Å²) in [6.07, 6.45) is 2.96. The summed E-state index contributed by atoms with van der Waals surface area (Å²) in [5, 5.41) is 6.03. The molecule has 1 aromatic carbocycles. The van der Waals surface area contributed by atoms with E-state index in [0.717, 1.165) is 19.5 Å². The molecular weight excluding hydrogens is 364 g/mol. The normalized spacial score (nSPS) is 15.5.